The van der Waals surface area contributed by atoms with Gasteiger partial charge in [-0.15, -0.1) is 0 Å². The zero-order valence-corrected chi connectivity index (χ0v) is 14.9. The van der Waals surface area contributed by atoms with Gasteiger partial charge in [0.25, 0.3) is 0 Å². The first kappa shape index (κ1) is 19.0. The first-order valence-corrected chi connectivity index (χ1v) is 7.78. The number of ether oxygens (including phenoxy) is 1. The van der Waals surface area contributed by atoms with Crippen LogP contribution in [-0.4, -0.2) is 23.6 Å². The fourth-order valence-electron chi connectivity index (χ4n) is 1.95. The van der Waals surface area contributed by atoms with Gasteiger partial charge in [-0.25, -0.2) is 9.59 Å². The average Bonchev–Trinajstić information content (AvgIpc) is 2.40. The molecular formula is C18H28N2O3. The summed E-state index contributed by atoms with van der Waals surface area (Å²) in [5.74, 6) is -0.439. The van der Waals surface area contributed by atoms with E-state index >= 15 is 0 Å². The highest BCUT2D eigenvalue weighted by Crippen LogP contribution is 2.21. The van der Waals surface area contributed by atoms with Crippen molar-refractivity contribution >= 4 is 12.0 Å². The molecule has 1 unspecified atom stereocenters. The van der Waals surface area contributed by atoms with E-state index in [0.29, 0.717) is 0 Å². The molecule has 2 N–H and O–H groups in total. The van der Waals surface area contributed by atoms with Crippen LogP contribution in [0.25, 0.3) is 0 Å². The van der Waals surface area contributed by atoms with Crippen LogP contribution in [0.15, 0.2) is 30.3 Å². The van der Waals surface area contributed by atoms with Gasteiger partial charge >= 0.3 is 12.0 Å². The van der Waals surface area contributed by atoms with Crippen molar-refractivity contribution < 1.29 is 14.3 Å². The molecule has 0 aliphatic heterocycles. The molecule has 0 aliphatic rings. The zero-order valence-electron chi connectivity index (χ0n) is 14.9. The number of carbonyl (C=O) groups is 2. The summed E-state index contributed by atoms with van der Waals surface area (Å²) in [5.41, 5.74) is 0.0800. The number of hydrogen-bond donors (Lipinski definition) is 2. The van der Waals surface area contributed by atoms with E-state index in [9.17, 15) is 9.59 Å². The molecule has 0 bridgehead atoms. The van der Waals surface area contributed by atoms with Crippen molar-refractivity contribution in [3.8, 4) is 0 Å². The summed E-state index contributed by atoms with van der Waals surface area (Å²) in [6.07, 6.45) is 0. The van der Waals surface area contributed by atoms with Gasteiger partial charge < -0.3 is 15.4 Å². The van der Waals surface area contributed by atoms with Crippen molar-refractivity contribution in [2.24, 2.45) is 5.41 Å². The van der Waals surface area contributed by atoms with Gasteiger partial charge in [-0.3, -0.25) is 0 Å². The lowest BCUT2D eigenvalue weighted by molar-refractivity contribution is -0.150. The van der Waals surface area contributed by atoms with Crippen LogP contribution >= 0.6 is 0 Å². The molecule has 128 valence electrons. The summed E-state index contributed by atoms with van der Waals surface area (Å²) in [4.78, 5) is 24.5. The van der Waals surface area contributed by atoms with E-state index < -0.39 is 17.4 Å². The van der Waals surface area contributed by atoms with Crippen LogP contribution in [0.5, 0.6) is 0 Å². The van der Waals surface area contributed by atoms with Crippen molar-refractivity contribution in [2.75, 3.05) is 0 Å². The molecule has 1 rings (SSSR count). The van der Waals surface area contributed by atoms with E-state index in [2.05, 4.69) is 10.6 Å². The van der Waals surface area contributed by atoms with E-state index in [0.717, 1.165) is 5.56 Å². The van der Waals surface area contributed by atoms with Crippen LogP contribution in [0.2, 0.25) is 0 Å². The van der Waals surface area contributed by atoms with E-state index in [1.807, 2.05) is 71.9 Å². The molecule has 1 atom stereocenters. The molecule has 0 saturated carbocycles. The molecule has 2 amide bonds. The topological polar surface area (TPSA) is 67.4 Å². The fraction of sp³-hybridized carbons (Fsp3) is 0.556. The van der Waals surface area contributed by atoms with Crippen LogP contribution < -0.4 is 10.6 Å². The van der Waals surface area contributed by atoms with Gasteiger partial charge in [0.1, 0.15) is 12.6 Å². The maximum Gasteiger partial charge on any atom is 0.329 e. The molecule has 0 heterocycles. The maximum absolute atomic E-state index is 12.4. The molecule has 23 heavy (non-hydrogen) atoms. The minimum Gasteiger partial charge on any atom is -0.459 e. The Kier molecular flexibility index (Phi) is 6.19. The zero-order chi connectivity index (χ0) is 17.7. The molecule has 0 saturated heterocycles. The average molecular weight is 320 g/mol. The third kappa shape index (κ3) is 7.17. The van der Waals surface area contributed by atoms with Gasteiger partial charge in [-0.1, -0.05) is 51.1 Å². The van der Waals surface area contributed by atoms with Gasteiger partial charge in [-0.05, 0) is 31.7 Å². The number of benzene rings is 1. The summed E-state index contributed by atoms with van der Waals surface area (Å²) < 4.78 is 5.37. The lowest BCUT2D eigenvalue weighted by Gasteiger charge is -2.31. The lowest BCUT2D eigenvalue weighted by Crippen LogP contribution is -2.55. The van der Waals surface area contributed by atoms with E-state index in [-0.39, 0.29) is 18.2 Å². The summed E-state index contributed by atoms with van der Waals surface area (Å²) in [6.45, 7) is 11.5. The van der Waals surface area contributed by atoms with Gasteiger partial charge in [0.2, 0.25) is 0 Å². The molecule has 0 aromatic heterocycles. The Bertz CT molecular complexity index is 527. The van der Waals surface area contributed by atoms with Crippen LogP contribution in [0, 0.1) is 5.41 Å². The van der Waals surface area contributed by atoms with Gasteiger partial charge in [0.05, 0.1) is 0 Å². The second kappa shape index (κ2) is 7.49. The molecule has 0 spiro atoms. The summed E-state index contributed by atoms with van der Waals surface area (Å²) in [5, 5.41) is 5.52. The van der Waals surface area contributed by atoms with Crippen molar-refractivity contribution in [3.63, 3.8) is 0 Å². The first-order valence-electron chi connectivity index (χ1n) is 7.78. The van der Waals surface area contributed by atoms with Crippen LogP contribution in [-0.2, 0) is 16.1 Å². The lowest BCUT2D eigenvalue weighted by atomic mass is 9.87. The molecule has 5 nitrogen and oxygen atoms in total. The van der Waals surface area contributed by atoms with E-state index in [1.54, 1.807) is 0 Å². The normalized spacial score (nSPS) is 13.1. The quantitative estimate of drug-likeness (QED) is 0.837. The van der Waals surface area contributed by atoms with Crippen molar-refractivity contribution in [2.45, 2.75) is 59.7 Å². The summed E-state index contributed by atoms with van der Waals surface area (Å²) in [7, 11) is 0. The number of hydrogen-bond acceptors (Lipinski definition) is 3. The maximum atomic E-state index is 12.4. The minimum atomic E-state index is -0.728. The van der Waals surface area contributed by atoms with Crippen LogP contribution in [0.3, 0.4) is 0 Å². The highest BCUT2D eigenvalue weighted by Gasteiger charge is 2.34. The molecular weight excluding hydrogens is 292 g/mol. The Morgan fingerprint density at radius 3 is 2.09 bits per heavy atom. The molecule has 1 aromatic rings. The highest BCUT2D eigenvalue weighted by molar-refractivity contribution is 5.84. The van der Waals surface area contributed by atoms with E-state index in [4.69, 9.17) is 4.74 Å². The second-order valence-electron chi connectivity index (χ2n) is 7.74. The third-order valence-corrected chi connectivity index (χ3v) is 3.09. The third-order valence-electron chi connectivity index (χ3n) is 3.09. The minimum absolute atomic E-state index is 0.189. The Morgan fingerprint density at radius 1 is 1.04 bits per heavy atom. The Balaban J connectivity index is 2.70. The summed E-state index contributed by atoms with van der Waals surface area (Å²) >= 11 is 0. The predicted molar refractivity (Wildman–Crippen MR) is 90.9 cm³/mol. The standard InChI is InChI=1S/C18H28N2O3/c1-17(2,3)14(19-16(22)20-18(4,5)6)15(21)23-12-13-10-8-7-9-11-13/h7-11,14H,12H2,1-6H3,(H2,19,20,22). The SMILES string of the molecule is CC(C)(C)NC(=O)NC(C(=O)OCc1ccccc1)C(C)(C)C. The Morgan fingerprint density at radius 2 is 1.61 bits per heavy atom. The number of nitrogens with one attached hydrogen (secondary N) is 2. The number of rotatable bonds is 4. The molecule has 0 radical (unpaired) electrons. The van der Waals surface area contributed by atoms with Gasteiger partial charge in [0.15, 0.2) is 0 Å². The van der Waals surface area contributed by atoms with Crippen molar-refractivity contribution in [1.29, 1.82) is 0 Å². The number of amides is 2. The largest absolute Gasteiger partial charge is 0.459 e. The molecule has 1 aromatic carbocycles. The predicted octanol–water partition coefficient (Wildman–Crippen LogP) is 3.24. The van der Waals surface area contributed by atoms with Gasteiger partial charge in [0, 0.05) is 5.54 Å². The smallest absolute Gasteiger partial charge is 0.329 e. The highest BCUT2D eigenvalue weighted by atomic mass is 16.5. The fourth-order valence-corrected chi connectivity index (χ4v) is 1.95. The number of carbonyl (C=O) groups excluding carboxylic acids is 2. The van der Waals surface area contributed by atoms with Gasteiger partial charge in [-0.2, -0.15) is 0 Å². The summed E-state index contributed by atoms with van der Waals surface area (Å²) in [6, 6.07) is 8.35. The second-order valence-corrected chi connectivity index (χ2v) is 7.74. The number of esters is 1. The number of urea groups is 1. The van der Waals surface area contributed by atoms with Crippen LogP contribution in [0.4, 0.5) is 4.79 Å². The monoisotopic (exact) mass is 320 g/mol. The first-order chi connectivity index (χ1) is 10.5. The molecule has 0 aliphatic carbocycles. The van der Waals surface area contributed by atoms with Crippen molar-refractivity contribution in [3.05, 3.63) is 35.9 Å². The van der Waals surface area contributed by atoms with Crippen molar-refractivity contribution in [1.82, 2.24) is 10.6 Å². The molecule has 5 heteroatoms. The van der Waals surface area contributed by atoms with E-state index in [1.165, 1.54) is 0 Å². The Hall–Kier alpha value is -2.04. The van der Waals surface area contributed by atoms with Crippen LogP contribution in [0.1, 0.15) is 47.1 Å². The Labute approximate surface area is 138 Å². The molecule has 0 fully saturated rings.